The number of rotatable bonds is 4. The Labute approximate surface area is 123 Å². The van der Waals surface area contributed by atoms with Crippen LogP contribution in [0, 0.1) is 0 Å². The number of hydrogen-bond acceptors (Lipinski definition) is 4. The number of carboxylic acid groups (broad SMARTS) is 1. The molecule has 1 atom stereocenters. The second-order valence-electron chi connectivity index (χ2n) is 6.15. The summed E-state index contributed by atoms with van der Waals surface area (Å²) in [4.78, 5) is 29.3. The highest BCUT2D eigenvalue weighted by atomic mass is 16.6. The summed E-state index contributed by atoms with van der Waals surface area (Å²) in [5, 5.41) is 9.54. The molecule has 1 aromatic rings. The van der Waals surface area contributed by atoms with E-state index in [1.165, 1.54) is 11.1 Å². The number of amides is 1. The summed E-state index contributed by atoms with van der Waals surface area (Å²) in [5.41, 5.74) is -0.190. The first kappa shape index (κ1) is 15.3. The standard InChI is InChI=1S/C15H20N2O4/c1-15(2,3)21-14(20)17(11-6-7-11)12(13(18)19)10-5-4-8-16-9-10/h4-5,8-9,11-12H,6-7H2,1-3H3,(H,18,19). The van der Waals surface area contributed by atoms with Crippen LogP contribution in [-0.4, -0.2) is 38.7 Å². The number of hydrogen-bond donors (Lipinski definition) is 1. The van der Waals surface area contributed by atoms with E-state index in [0.717, 1.165) is 12.8 Å². The number of carbonyl (C=O) groups is 2. The molecule has 1 N–H and O–H groups in total. The maximum absolute atomic E-state index is 12.4. The Balaban J connectivity index is 2.30. The van der Waals surface area contributed by atoms with Crippen LogP contribution in [0.1, 0.15) is 45.2 Å². The summed E-state index contributed by atoms with van der Waals surface area (Å²) < 4.78 is 5.36. The van der Waals surface area contributed by atoms with Crippen LogP contribution in [0.5, 0.6) is 0 Å². The molecule has 1 heterocycles. The predicted octanol–water partition coefficient (Wildman–Crippen LogP) is 2.61. The summed E-state index contributed by atoms with van der Waals surface area (Å²) in [7, 11) is 0. The molecule has 1 aromatic heterocycles. The lowest BCUT2D eigenvalue weighted by molar-refractivity contribution is -0.143. The fraction of sp³-hybridized carbons (Fsp3) is 0.533. The number of aliphatic carboxylic acids is 1. The van der Waals surface area contributed by atoms with Gasteiger partial charge in [0, 0.05) is 24.0 Å². The third-order valence-electron chi connectivity index (χ3n) is 3.06. The first-order valence-corrected chi connectivity index (χ1v) is 6.93. The average Bonchev–Trinajstić information content (AvgIpc) is 3.18. The minimum atomic E-state index is -1.08. The number of aromatic nitrogens is 1. The fourth-order valence-electron chi connectivity index (χ4n) is 2.09. The predicted molar refractivity (Wildman–Crippen MR) is 75.7 cm³/mol. The SMILES string of the molecule is CC(C)(C)OC(=O)N(C1CC1)C(C(=O)O)c1cccnc1. The van der Waals surface area contributed by atoms with Gasteiger partial charge >= 0.3 is 12.1 Å². The molecule has 1 amide bonds. The summed E-state index contributed by atoms with van der Waals surface area (Å²) in [6, 6.07) is 2.17. The van der Waals surface area contributed by atoms with Crippen molar-refractivity contribution in [2.75, 3.05) is 0 Å². The molecule has 6 nitrogen and oxygen atoms in total. The Hall–Kier alpha value is -2.11. The molecule has 0 radical (unpaired) electrons. The van der Waals surface area contributed by atoms with Crippen molar-refractivity contribution in [2.45, 2.75) is 51.3 Å². The Kier molecular flexibility index (Phi) is 4.16. The molecule has 1 aliphatic rings. The van der Waals surface area contributed by atoms with Gasteiger partial charge in [0.05, 0.1) is 0 Å². The highest BCUT2D eigenvalue weighted by Gasteiger charge is 2.43. The van der Waals surface area contributed by atoms with Gasteiger partial charge in [-0.1, -0.05) is 6.07 Å². The van der Waals surface area contributed by atoms with Gasteiger partial charge in [0.2, 0.25) is 0 Å². The zero-order valence-corrected chi connectivity index (χ0v) is 12.4. The molecule has 1 aliphatic carbocycles. The molecule has 1 saturated carbocycles. The van der Waals surface area contributed by atoms with Gasteiger partial charge in [-0.05, 0) is 39.7 Å². The third kappa shape index (κ3) is 3.93. The van der Waals surface area contributed by atoms with E-state index in [0.29, 0.717) is 5.56 Å². The molecule has 0 bridgehead atoms. The molecular formula is C15H20N2O4. The van der Waals surface area contributed by atoms with Crippen molar-refractivity contribution in [3.8, 4) is 0 Å². The van der Waals surface area contributed by atoms with Gasteiger partial charge in [0.25, 0.3) is 0 Å². The van der Waals surface area contributed by atoms with Gasteiger partial charge in [0.15, 0.2) is 6.04 Å². The van der Waals surface area contributed by atoms with Gasteiger partial charge in [-0.2, -0.15) is 0 Å². The van der Waals surface area contributed by atoms with Gasteiger partial charge in [-0.25, -0.2) is 9.59 Å². The minimum Gasteiger partial charge on any atom is -0.479 e. The van der Waals surface area contributed by atoms with E-state index in [9.17, 15) is 14.7 Å². The van der Waals surface area contributed by atoms with E-state index in [2.05, 4.69) is 4.98 Å². The Morgan fingerprint density at radius 3 is 2.52 bits per heavy atom. The lowest BCUT2D eigenvalue weighted by Gasteiger charge is -2.31. The zero-order valence-electron chi connectivity index (χ0n) is 12.4. The van der Waals surface area contributed by atoms with Gasteiger partial charge < -0.3 is 9.84 Å². The lowest BCUT2D eigenvalue weighted by Crippen LogP contribution is -2.43. The van der Waals surface area contributed by atoms with E-state index >= 15 is 0 Å². The normalized spacial score (nSPS) is 16.1. The van der Waals surface area contributed by atoms with Crippen LogP contribution >= 0.6 is 0 Å². The van der Waals surface area contributed by atoms with Crippen molar-refractivity contribution in [3.63, 3.8) is 0 Å². The molecule has 0 spiro atoms. The molecule has 1 fully saturated rings. The zero-order chi connectivity index (χ0) is 15.6. The molecule has 0 aliphatic heterocycles. The smallest absolute Gasteiger partial charge is 0.411 e. The molecule has 2 rings (SSSR count). The Morgan fingerprint density at radius 1 is 1.43 bits per heavy atom. The summed E-state index contributed by atoms with van der Waals surface area (Å²) in [5.74, 6) is -1.08. The van der Waals surface area contributed by atoms with Crippen molar-refractivity contribution in [3.05, 3.63) is 30.1 Å². The number of carboxylic acids is 1. The quantitative estimate of drug-likeness (QED) is 0.922. The molecule has 6 heteroatoms. The summed E-state index contributed by atoms with van der Waals surface area (Å²) >= 11 is 0. The molecule has 0 aromatic carbocycles. The maximum atomic E-state index is 12.4. The fourth-order valence-corrected chi connectivity index (χ4v) is 2.09. The maximum Gasteiger partial charge on any atom is 0.411 e. The summed E-state index contributed by atoms with van der Waals surface area (Å²) in [6.07, 6.45) is 4.03. The van der Waals surface area contributed by atoms with Crippen LogP contribution in [0.2, 0.25) is 0 Å². The third-order valence-corrected chi connectivity index (χ3v) is 3.06. The van der Waals surface area contributed by atoms with E-state index in [1.54, 1.807) is 39.1 Å². The monoisotopic (exact) mass is 292 g/mol. The number of nitrogens with zero attached hydrogens (tertiary/aromatic N) is 2. The lowest BCUT2D eigenvalue weighted by atomic mass is 10.1. The first-order chi connectivity index (χ1) is 9.79. The van der Waals surface area contributed by atoms with Crippen LogP contribution < -0.4 is 0 Å². The van der Waals surface area contributed by atoms with Crippen LogP contribution in [0.4, 0.5) is 4.79 Å². The molecule has 114 valence electrons. The van der Waals surface area contributed by atoms with E-state index < -0.39 is 23.7 Å². The highest BCUT2D eigenvalue weighted by Crippen LogP contribution is 2.35. The van der Waals surface area contributed by atoms with Crippen LogP contribution in [0.25, 0.3) is 0 Å². The second kappa shape index (κ2) is 5.71. The first-order valence-electron chi connectivity index (χ1n) is 6.93. The van der Waals surface area contributed by atoms with Gasteiger partial charge in [-0.3, -0.25) is 9.88 Å². The number of pyridine rings is 1. The van der Waals surface area contributed by atoms with Gasteiger partial charge in [0.1, 0.15) is 5.60 Å². The Bertz CT molecular complexity index is 520. The van der Waals surface area contributed by atoms with E-state index in [1.807, 2.05) is 0 Å². The van der Waals surface area contributed by atoms with Crippen molar-refractivity contribution in [2.24, 2.45) is 0 Å². The average molecular weight is 292 g/mol. The number of ether oxygens (including phenoxy) is 1. The van der Waals surface area contributed by atoms with Crippen LogP contribution in [-0.2, 0) is 9.53 Å². The number of carbonyl (C=O) groups excluding carboxylic acids is 1. The van der Waals surface area contributed by atoms with Crippen molar-refractivity contribution in [1.82, 2.24) is 9.88 Å². The van der Waals surface area contributed by atoms with Crippen molar-refractivity contribution in [1.29, 1.82) is 0 Å². The summed E-state index contributed by atoms with van der Waals surface area (Å²) in [6.45, 7) is 5.28. The van der Waals surface area contributed by atoms with E-state index in [4.69, 9.17) is 4.74 Å². The Morgan fingerprint density at radius 2 is 2.10 bits per heavy atom. The molecular weight excluding hydrogens is 272 g/mol. The molecule has 0 saturated heterocycles. The largest absolute Gasteiger partial charge is 0.479 e. The van der Waals surface area contributed by atoms with Crippen LogP contribution in [0.15, 0.2) is 24.5 Å². The topological polar surface area (TPSA) is 79.7 Å². The van der Waals surface area contributed by atoms with Crippen molar-refractivity contribution >= 4 is 12.1 Å². The highest BCUT2D eigenvalue weighted by molar-refractivity contribution is 5.82. The molecule has 1 unspecified atom stereocenters. The molecule has 21 heavy (non-hydrogen) atoms. The van der Waals surface area contributed by atoms with Gasteiger partial charge in [-0.15, -0.1) is 0 Å². The second-order valence-corrected chi connectivity index (χ2v) is 6.15. The minimum absolute atomic E-state index is 0.0823. The van der Waals surface area contributed by atoms with Crippen molar-refractivity contribution < 1.29 is 19.4 Å². The van der Waals surface area contributed by atoms with Crippen LogP contribution in [0.3, 0.4) is 0 Å². The van der Waals surface area contributed by atoms with E-state index in [-0.39, 0.29) is 6.04 Å².